The van der Waals surface area contributed by atoms with Crippen LogP contribution in [-0.4, -0.2) is 6.54 Å². The van der Waals surface area contributed by atoms with Gasteiger partial charge in [-0.25, -0.2) is 13.2 Å². The van der Waals surface area contributed by atoms with E-state index in [1.54, 1.807) is 0 Å². The normalized spacial score (nSPS) is 16.6. The highest BCUT2D eigenvalue weighted by atomic mass is 19.2. The molecule has 2 nitrogen and oxygen atoms in total. The maximum absolute atomic E-state index is 13.0. The first-order chi connectivity index (χ1) is 8.11. The van der Waals surface area contributed by atoms with Gasteiger partial charge in [-0.1, -0.05) is 0 Å². The largest absolute Gasteiger partial charge is 0.298 e. The van der Waals surface area contributed by atoms with E-state index in [-0.39, 0.29) is 5.56 Å². The minimum Gasteiger partial charge on any atom is -0.298 e. The molecule has 5 heteroatoms. The van der Waals surface area contributed by atoms with Gasteiger partial charge in [0.15, 0.2) is 17.5 Å². The molecule has 1 saturated carbocycles. The van der Waals surface area contributed by atoms with Gasteiger partial charge in [-0.3, -0.25) is 5.32 Å². The fourth-order valence-corrected chi connectivity index (χ4v) is 1.59. The molecule has 1 aliphatic carbocycles. The predicted octanol–water partition coefficient (Wildman–Crippen LogP) is 2.67. The van der Waals surface area contributed by atoms with E-state index in [1.807, 2.05) is 6.07 Å². The second-order valence-electron chi connectivity index (χ2n) is 4.21. The molecule has 1 fully saturated rings. The summed E-state index contributed by atoms with van der Waals surface area (Å²) in [5.41, 5.74) is 0.115. The van der Waals surface area contributed by atoms with Crippen molar-refractivity contribution in [3.05, 3.63) is 35.1 Å². The SMILES string of the molecule is N#CC(NCC1CC1)c1cc(F)c(F)c(F)c1. The van der Waals surface area contributed by atoms with Crippen molar-refractivity contribution in [1.82, 2.24) is 5.32 Å². The summed E-state index contributed by atoms with van der Waals surface area (Å²) in [6.45, 7) is 0.638. The summed E-state index contributed by atoms with van der Waals surface area (Å²) in [5, 5.41) is 11.8. The van der Waals surface area contributed by atoms with Crippen LogP contribution < -0.4 is 5.32 Å². The third-order valence-corrected chi connectivity index (χ3v) is 2.78. The molecule has 1 aromatic carbocycles. The highest BCUT2D eigenvalue weighted by molar-refractivity contribution is 5.26. The molecule has 0 spiro atoms. The number of nitriles is 1. The van der Waals surface area contributed by atoms with E-state index in [0.29, 0.717) is 12.5 Å². The minimum absolute atomic E-state index is 0.115. The van der Waals surface area contributed by atoms with Crippen LogP contribution >= 0.6 is 0 Å². The molecule has 17 heavy (non-hydrogen) atoms. The Bertz CT molecular complexity index is 440. The number of nitrogens with zero attached hydrogens (tertiary/aromatic N) is 1. The van der Waals surface area contributed by atoms with E-state index in [0.717, 1.165) is 25.0 Å². The first-order valence-corrected chi connectivity index (χ1v) is 5.39. The lowest BCUT2D eigenvalue weighted by Crippen LogP contribution is -2.22. The molecule has 0 heterocycles. The smallest absolute Gasteiger partial charge is 0.194 e. The molecular formula is C12H11F3N2. The van der Waals surface area contributed by atoms with E-state index in [2.05, 4.69) is 5.32 Å². The van der Waals surface area contributed by atoms with Gasteiger partial charge in [0, 0.05) is 0 Å². The van der Waals surface area contributed by atoms with E-state index in [1.165, 1.54) is 0 Å². The van der Waals surface area contributed by atoms with Crippen molar-refractivity contribution < 1.29 is 13.2 Å². The van der Waals surface area contributed by atoms with E-state index in [9.17, 15) is 13.2 Å². The van der Waals surface area contributed by atoms with Gasteiger partial charge in [0.05, 0.1) is 6.07 Å². The van der Waals surface area contributed by atoms with Gasteiger partial charge in [-0.05, 0) is 43.0 Å². The lowest BCUT2D eigenvalue weighted by Gasteiger charge is -2.12. The molecule has 1 N–H and O–H groups in total. The summed E-state index contributed by atoms with van der Waals surface area (Å²) >= 11 is 0. The van der Waals surface area contributed by atoms with Gasteiger partial charge in [0.2, 0.25) is 0 Å². The Morgan fingerprint density at radius 2 is 1.88 bits per heavy atom. The van der Waals surface area contributed by atoms with Crippen LogP contribution in [-0.2, 0) is 0 Å². The monoisotopic (exact) mass is 240 g/mol. The van der Waals surface area contributed by atoms with Gasteiger partial charge in [-0.15, -0.1) is 0 Å². The van der Waals surface area contributed by atoms with Gasteiger partial charge >= 0.3 is 0 Å². The van der Waals surface area contributed by atoms with Gasteiger partial charge in [-0.2, -0.15) is 5.26 Å². The molecule has 0 aromatic heterocycles. The summed E-state index contributed by atoms with van der Waals surface area (Å²) in [6.07, 6.45) is 2.22. The summed E-state index contributed by atoms with van der Waals surface area (Å²) in [7, 11) is 0. The predicted molar refractivity (Wildman–Crippen MR) is 55.4 cm³/mol. The third-order valence-electron chi connectivity index (χ3n) is 2.78. The Hall–Kier alpha value is -1.54. The Morgan fingerprint density at radius 3 is 2.35 bits per heavy atom. The summed E-state index contributed by atoms with van der Waals surface area (Å²) in [5.74, 6) is -3.50. The number of nitrogens with one attached hydrogen (secondary N) is 1. The van der Waals surface area contributed by atoms with Crippen LogP contribution in [0.2, 0.25) is 0 Å². The van der Waals surface area contributed by atoms with Crippen molar-refractivity contribution in [2.24, 2.45) is 5.92 Å². The summed E-state index contributed by atoms with van der Waals surface area (Å²) in [4.78, 5) is 0. The zero-order chi connectivity index (χ0) is 12.4. The molecular weight excluding hydrogens is 229 g/mol. The van der Waals surface area contributed by atoms with Crippen LogP contribution in [0.25, 0.3) is 0 Å². The number of halogens is 3. The molecule has 1 aliphatic rings. The van der Waals surface area contributed by atoms with Crippen molar-refractivity contribution in [2.45, 2.75) is 18.9 Å². The van der Waals surface area contributed by atoms with Gasteiger partial charge in [0.25, 0.3) is 0 Å². The van der Waals surface area contributed by atoms with Crippen molar-refractivity contribution in [2.75, 3.05) is 6.54 Å². The van der Waals surface area contributed by atoms with Crippen LogP contribution in [0.4, 0.5) is 13.2 Å². The third kappa shape index (κ3) is 2.77. The number of hydrogen-bond donors (Lipinski definition) is 1. The van der Waals surface area contributed by atoms with Crippen molar-refractivity contribution in [3.8, 4) is 6.07 Å². The zero-order valence-corrected chi connectivity index (χ0v) is 9.01. The van der Waals surface area contributed by atoms with Crippen LogP contribution in [0, 0.1) is 34.7 Å². The second kappa shape index (κ2) is 4.76. The Kier molecular flexibility index (Phi) is 3.34. The van der Waals surface area contributed by atoms with Gasteiger partial charge in [0.1, 0.15) is 6.04 Å². The zero-order valence-electron chi connectivity index (χ0n) is 9.01. The van der Waals surface area contributed by atoms with Crippen molar-refractivity contribution in [3.63, 3.8) is 0 Å². The van der Waals surface area contributed by atoms with Crippen LogP contribution in [0.15, 0.2) is 12.1 Å². The first kappa shape index (κ1) is 11.9. The highest BCUT2D eigenvalue weighted by Crippen LogP contribution is 2.28. The Labute approximate surface area is 97.1 Å². The van der Waals surface area contributed by atoms with E-state index >= 15 is 0 Å². The molecule has 2 rings (SSSR count). The fourth-order valence-electron chi connectivity index (χ4n) is 1.59. The van der Waals surface area contributed by atoms with E-state index in [4.69, 9.17) is 5.26 Å². The highest BCUT2D eigenvalue weighted by Gasteiger charge is 2.23. The fraction of sp³-hybridized carbons (Fsp3) is 0.417. The standard InChI is InChI=1S/C12H11F3N2/c13-9-3-8(4-10(14)12(9)15)11(5-16)17-6-7-1-2-7/h3-4,7,11,17H,1-2,6H2. The average molecular weight is 240 g/mol. The van der Waals surface area contributed by atoms with Gasteiger partial charge < -0.3 is 0 Å². The second-order valence-corrected chi connectivity index (χ2v) is 4.21. The molecule has 1 aromatic rings. The Balaban J connectivity index is 2.15. The quantitative estimate of drug-likeness (QED) is 0.821. The first-order valence-electron chi connectivity index (χ1n) is 5.39. The number of benzene rings is 1. The topological polar surface area (TPSA) is 35.8 Å². The molecule has 0 amide bonds. The average Bonchev–Trinajstić information content (AvgIpc) is 3.10. The molecule has 0 aliphatic heterocycles. The molecule has 0 saturated heterocycles. The van der Waals surface area contributed by atoms with Crippen molar-refractivity contribution in [1.29, 1.82) is 5.26 Å². The molecule has 0 bridgehead atoms. The molecule has 1 unspecified atom stereocenters. The summed E-state index contributed by atoms with van der Waals surface area (Å²) in [6, 6.07) is 2.81. The minimum atomic E-state index is -1.51. The molecule has 0 radical (unpaired) electrons. The van der Waals surface area contributed by atoms with E-state index < -0.39 is 23.5 Å². The maximum Gasteiger partial charge on any atom is 0.194 e. The van der Waals surface area contributed by atoms with Crippen LogP contribution in [0.5, 0.6) is 0 Å². The summed E-state index contributed by atoms with van der Waals surface area (Å²) < 4.78 is 38.7. The maximum atomic E-state index is 13.0. The molecule has 1 atom stereocenters. The van der Waals surface area contributed by atoms with Crippen molar-refractivity contribution >= 4 is 0 Å². The lowest BCUT2D eigenvalue weighted by molar-refractivity contribution is 0.442. The number of rotatable bonds is 4. The van der Waals surface area contributed by atoms with Crippen LogP contribution in [0.1, 0.15) is 24.4 Å². The number of hydrogen-bond acceptors (Lipinski definition) is 2. The Morgan fingerprint density at radius 1 is 1.29 bits per heavy atom. The molecule has 90 valence electrons. The van der Waals surface area contributed by atoms with Crippen LogP contribution in [0.3, 0.4) is 0 Å². The lowest BCUT2D eigenvalue weighted by atomic mass is 10.1.